The Kier molecular flexibility index (Phi) is 25.1. The summed E-state index contributed by atoms with van der Waals surface area (Å²) in [5.74, 6) is 0. The predicted molar refractivity (Wildman–Crippen MR) is 334 cm³/mol. The quantitative estimate of drug-likeness (QED) is 0.0625. The van der Waals surface area contributed by atoms with Crippen LogP contribution in [0.25, 0.3) is 0 Å². The third-order valence-electron chi connectivity index (χ3n) is 12.7. The van der Waals surface area contributed by atoms with Crippen molar-refractivity contribution in [2.45, 2.75) is 106 Å². The molecule has 0 aliphatic rings. The molecule has 0 saturated carbocycles. The molecule has 0 saturated heterocycles. The third-order valence-corrected chi connectivity index (χ3v) is 13.9. The number of rotatable bonds is 16. The smallest absolute Gasteiger partial charge is 0.414 e. The van der Waals surface area contributed by atoms with Gasteiger partial charge in [-0.1, -0.05) is 98.4 Å². The van der Waals surface area contributed by atoms with Crippen molar-refractivity contribution in [1.82, 2.24) is 0 Å². The fourth-order valence-electron chi connectivity index (χ4n) is 8.69. The van der Waals surface area contributed by atoms with Crippen LogP contribution >= 0.6 is 73.4 Å². The summed E-state index contributed by atoms with van der Waals surface area (Å²) in [5.41, 5.74) is 6.27. The van der Waals surface area contributed by atoms with Crippen LogP contribution in [0.3, 0.4) is 0 Å². The van der Waals surface area contributed by atoms with Crippen molar-refractivity contribution >= 4 is 137 Å². The van der Waals surface area contributed by atoms with E-state index in [1.165, 1.54) is 17.0 Å². The third kappa shape index (κ3) is 16.6. The number of nitrogens with zero attached hydrogens (tertiary/aromatic N) is 5. The average molecular weight is 1200 g/mol. The fourth-order valence-corrected chi connectivity index (χ4v) is 9.61. The maximum absolute atomic E-state index is 14.1. The molecule has 16 nitrogen and oxygen atoms in total. The van der Waals surface area contributed by atoms with Crippen molar-refractivity contribution in [3.63, 3.8) is 0 Å². The second-order valence-corrected chi connectivity index (χ2v) is 20.4. The van der Waals surface area contributed by atoms with E-state index in [0.717, 1.165) is 16.8 Å². The zero-order chi connectivity index (χ0) is 57.1. The first-order valence-electron chi connectivity index (χ1n) is 24.9. The van der Waals surface area contributed by atoms with E-state index in [1.807, 2.05) is 90.2 Å². The molecular formula is C57H68Cl4N8O8S2. The number of nitro benzene ring substituents is 2. The molecule has 3 N–H and O–H groups in total. The minimum absolute atomic E-state index is 0. The highest BCUT2D eigenvalue weighted by atomic mass is 35.5. The number of hydrogen-bond donors (Lipinski definition) is 3. The van der Waals surface area contributed by atoms with Gasteiger partial charge in [0.2, 0.25) is 0 Å². The first kappa shape index (κ1) is 66.9. The van der Waals surface area contributed by atoms with E-state index in [0.29, 0.717) is 86.4 Å². The van der Waals surface area contributed by atoms with Crippen LogP contribution < -0.4 is 30.7 Å². The molecule has 6 aromatic rings. The Morgan fingerprint density at radius 3 is 1.20 bits per heavy atom. The first-order chi connectivity index (χ1) is 36.4. The van der Waals surface area contributed by atoms with Gasteiger partial charge in [0.05, 0.1) is 54.5 Å². The van der Waals surface area contributed by atoms with Crippen LogP contribution in [0, 0.1) is 20.2 Å². The number of nitro groups is 2. The molecule has 5 amide bonds. The summed E-state index contributed by atoms with van der Waals surface area (Å²) < 4.78 is 5.46. The van der Waals surface area contributed by atoms with Crippen LogP contribution in [0.2, 0.25) is 20.1 Å². The van der Waals surface area contributed by atoms with Crippen molar-refractivity contribution in [2.24, 2.45) is 0 Å². The molecule has 0 fully saturated rings. The minimum Gasteiger partial charge on any atom is -0.443 e. The second-order valence-electron chi connectivity index (χ2n) is 18.8. The number of benzene rings is 6. The van der Waals surface area contributed by atoms with Crippen LogP contribution in [0.4, 0.5) is 59.9 Å². The number of nitrogens with one attached hydrogen (secondary N) is 3. The van der Waals surface area contributed by atoms with E-state index in [1.54, 1.807) is 93.1 Å². The number of hydrogen-bond acceptors (Lipinski definition) is 9. The summed E-state index contributed by atoms with van der Waals surface area (Å²) in [4.78, 5) is 67.7. The van der Waals surface area contributed by atoms with Crippen LogP contribution in [0.1, 0.15) is 108 Å². The van der Waals surface area contributed by atoms with Crippen molar-refractivity contribution < 1.29 is 29.0 Å². The highest BCUT2D eigenvalue weighted by Crippen LogP contribution is 2.40. The Bertz CT molecular complexity index is 3100. The number of anilines is 6. The van der Waals surface area contributed by atoms with Crippen LogP contribution in [0.5, 0.6) is 0 Å². The van der Waals surface area contributed by atoms with Crippen molar-refractivity contribution in [1.29, 1.82) is 0 Å². The van der Waals surface area contributed by atoms with Gasteiger partial charge in [-0.05, 0) is 155 Å². The molecule has 0 aromatic heterocycles. The van der Waals surface area contributed by atoms with E-state index in [4.69, 9.17) is 51.1 Å². The Morgan fingerprint density at radius 2 is 0.899 bits per heavy atom. The van der Waals surface area contributed by atoms with Crippen molar-refractivity contribution in [2.75, 3.05) is 44.7 Å². The molecule has 22 heteroatoms. The molecule has 0 spiro atoms. The zero-order valence-electron chi connectivity index (χ0n) is 45.9. The Balaban J connectivity index is 0.000000411. The molecule has 0 aliphatic heterocycles. The normalized spacial score (nSPS) is 11.5. The van der Waals surface area contributed by atoms with Gasteiger partial charge in [0.15, 0.2) is 0 Å². The maximum Gasteiger partial charge on any atom is 0.414 e. The van der Waals surface area contributed by atoms with Gasteiger partial charge in [-0.25, -0.2) is 14.4 Å². The lowest BCUT2D eigenvalue weighted by atomic mass is 10.0. The second kappa shape index (κ2) is 29.7. The number of amides is 5. The zero-order valence-corrected chi connectivity index (χ0v) is 50.9. The maximum atomic E-state index is 14.1. The lowest BCUT2D eigenvalue weighted by Crippen LogP contribution is -2.38. The summed E-state index contributed by atoms with van der Waals surface area (Å²) in [6.45, 7) is 16.5. The number of ether oxygens (including phenoxy) is 1. The summed E-state index contributed by atoms with van der Waals surface area (Å²) in [5, 5.41) is 34.1. The SMILES string of the molecule is CCc1c(Cl)cc([N+](=O)[O-])c(CC)c1NC(=O)N(c1ccc(N(C)C(=O)OC(C)(C)C)cc1)[C@@H](C)c1ccc(Cl)cc1.CCc1c(Cl)cc([N+](=O)[O-])c(CC)c1NC(=O)N(c1ccc(NC)cc1)[C@@H](C)c1ccc(Cl)cc1.S.S. The molecule has 0 aliphatic carbocycles. The van der Waals surface area contributed by atoms with Crippen LogP contribution in [-0.2, 0) is 30.4 Å². The number of carbonyl (C=O) groups is 3. The number of halogens is 4. The standard InChI is InChI=1S/C31H36Cl2N4O5.C26H28Cl2N4O3.2H2S/c1-8-24-26(33)18-27(37(40)41)25(9-2)28(24)34-29(38)36(19(3)20-10-12-21(32)13-11-20)23-16-14-22(15-17-23)35(7)30(39)42-31(4,5)6;1-5-21-23(28)15-24(32(34)35)22(6-2)25(21)30-26(33)31(20-13-11-19(29-4)12-14-20)16(3)17-7-9-18(27)10-8-17;;/h10-19H,8-9H2,1-7H3,(H,34,38);7-16,29H,5-6H2,1-4H3,(H,30,33);2*1H2/t19-;16-;;/m00../s1. The Hall–Kier alpha value is -6.41. The minimum atomic E-state index is -0.654. The summed E-state index contributed by atoms with van der Waals surface area (Å²) in [7, 11) is 3.43. The highest BCUT2D eigenvalue weighted by Gasteiger charge is 2.31. The molecule has 6 rings (SSSR count). The largest absolute Gasteiger partial charge is 0.443 e. The van der Waals surface area contributed by atoms with Gasteiger partial charge >= 0.3 is 18.2 Å². The van der Waals surface area contributed by atoms with Crippen LogP contribution in [-0.4, -0.2) is 47.7 Å². The van der Waals surface area contributed by atoms with E-state index >= 15 is 0 Å². The first-order valence-corrected chi connectivity index (χ1v) is 26.4. The lowest BCUT2D eigenvalue weighted by Gasteiger charge is -2.31. The van der Waals surface area contributed by atoms with Gasteiger partial charge in [0.1, 0.15) is 5.60 Å². The van der Waals surface area contributed by atoms with E-state index in [2.05, 4.69) is 16.0 Å². The number of urea groups is 2. The molecule has 6 aromatic carbocycles. The summed E-state index contributed by atoms with van der Waals surface area (Å²) in [6.07, 6.45) is 1.12. The topological polar surface area (TPSA) is 193 Å². The highest BCUT2D eigenvalue weighted by molar-refractivity contribution is 7.59. The molecular weight excluding hydrogens is 1130 g/mol. The molecule has 424 valence electrons. The van der Waals surface area contributed by atoms with Crippen molar-refractivity contribution in [3.8, 4) is 0 Å². The lowest BCUT2D eigenvalue weighted by molar-refractivity contribution is -0.385. The molecule has 0 heterocycles. The van der Waals surface area contributed by atoms with E-state index in [9.17, 15) is 34.6 Å². The molecule has 0 unspecified atom stereocenters. The van der Waals surface area contributed by atoms with E-state index < -0.39 is 39.6 Å². The fraction of sp³-hybridized carbons (Fsp3) is 0.316. The van der Waals surface area contributed by atoms with Gasteiger partial charge in [-0.2, -0.15) is 27.0 Å². The molecule has 0 bridgehead atoms. The molecule has 2 atom stereocenters. The molecule has 79 heavy (non-hydrogen) atoms. The van der Waals surface area contributed by atoms with Gasteiger partial charge in [0.25, 0.3) is 11.4 Å². The number of carbonyl (C=O) groups excluding carboxylic acids is 3. The predicted octanol–water partition coefficient (Wildman–Crippen LogP) is 17.3. The van der Waals surface area contributed by atoms with Gasteiger partial charge < -0.3 is 20.7 Å². The Labute approximate surface area is 496 Å². The van der Waals surface area contributed by atoms with Gasteiger partial charge in [0, 0.05) is 59.0 Å². The van der Waals surface area contributed by atoms with Gasteiger partial charge in [-0.15, -0.1) is 0 Å². The monoisotopic (exact) mass is 1200 g/mol. The Morgan fingerprint density at radius 1 is 0.570 bits per heavy atom. The van der Waals surface area contributed by atoms with Gasteiger partial charge in [-0.3, -0.25) is 34.9 Å². The van der Waals surface area contributed by atoms with E-state index in [-0.39, 0.29) is 54.5 Å². The average Bonchev–Trinajstić information content (AvgIpc) is 3.44. The summed E-state index contributed by atoms with van der Waals surface area (Å²) >= 11 is 25.0. The van der Waals surface area contributed by atoms with Crippen LogP contribution in [0.15, 0.2) is 109 Å². The molecule has 0 radical (unpaired) electrons. The summed E-state index contributed by atoms with van der Waals surface area (Å²) in [6, 6.07) is 29.7. The van der Waals surface area contributed by atoms with Crippen molar-refractivity contribution in [3.05, 3.63) is 183 Å².